The lowest BCUT2D eigenvalue weighted by Crippen LogP contribution is -2.50. The van der Waals surface area contributed by atoms with Crippen molar-refractivity contribution in [2.75, 3.05) is 6.61 Å². The van der Waals surface area contributed by atoms with E-state index in [-0.39, 0.29) is 31.0 Å². The summed E-state index contributed by atoms with van der Waals surface area (Å²) >= 11 is 15.7. The van der Waals surface area contributed by atoms with Crippen LogP contribution in [0.25, 0.3) is 0 Å². The summed E-state index contributed by atoms with van der Waals surface area (Å²) in [4.78, 5) is 27.5. The third kappa shape index (κ3) is 6.86. The fourth-order valence-electron chi connectivity index (χ4n) is 3.57. The number of hydrogen-bond acceptors (Lipinski definition) is 3. The maximum Gasteiger partial charge on any atom is 0.261 e. The molecule has 2 amide bonds. The number of amides is 2. The van der Waals surface area contributed by atoms with E-state index in [0.717, 1.165) is 30.2 Å². The van der Waals surface area contributed by atoms with Crippen LogP contribution in [0.1, 0.15) is 38.2 Å². The van der Waals surface area contributed by atoms with Crippen molar-refractivity contribution in [3.63, 3.8) is 0 Å². The fraction of sp³-hybridized carbons (Fsp3) is 0.391. The number of ether oxygens (including phenoxy) is 1. The van der Waals surface area contributed by atoms with E-state index in [1.165, 1.54) is 4.90 Å². The molecule has 5 nitrogen and oxygen atoms in total. The summed E-state index contributed by atoms with van der Waals surface area (Å²) in [5.74, 6) is 0.0982. The zero-order valence-electron chi connectivity index (χ0n) is 17.2. The molecule has 0 bridgehead atoms. The number of hydrogen-bond donors (Lipinski definition) is 1. The lowest BCUT2D eigenvalue weighted by molar-refractivity contribution is -0.142. The molecule has 1 atom stereocenters. The quantitative estimate of drug-likeness (QED) is 0.485. The van der Waals surface area contributed by atoms with Gasteiger partial charge in [-0.15, -0.1) is 0 Å². The van der Waals surface area contributed by atoms with Crippen LogP contribution in [0.15, 0.2) is 46.9 Å². The zero-order valence-corrected chi connectivity index (χ0v) is 20.3. The summed E-state index contributed by atoms with van der Waals surface area (Å²) in [6.45, 7) is 1.72. The molecule has 1 aliphatic carbocycles. The van der Waals surface area contributed by atoms with Gasteiger partial charge in [0.25, 0.3) is 5.91 Å². The summed E-state index contributed by atoms with van der Waals surface area (Å²) in [7, 11) is 0. The standard InChI is InChI=1S/C23H25BrCl2N2O3/c1-15(23(30)27-19-4-2-3-5-19)28(13-16-6-9-18(25)12-21(16)26)22(29)14-31-20-10-7-17(24)8-11-20/h6-12,15,19H,2-5,13-14H2,1H3,(H,27,30)/t15-/m1/s1. The molecule has 31 heavy (non-hydrogen) atoms. The van der Waals surface area contributed by atoms with Gasteiger partial charge in [0.15, 0.2) is 6.61 Å². The molecule has 2 aromatic carbocycles. The zero-order chi connectivity index (χ0) is 22.4. The first-order valence-electron chi connectivity index (χ1n) is 10.3. The van der Waals surface area contributed by atoms with E-state index in [2.05, 4.69) is 21.2 Å². The molecule has 1 N–H and O–H groups in total. The lowest BCUT2D eigenvalue weighted by Gasteiger charge is -2.30. The molecule has 1 aliphatic rings. The van der Waals surface area contributed by atoms with Gasteiger partial charge in [0.1, 0.15) is 11.8 Å². The molecule has 8 heteroatoms. The highest BCUT2D eigenvalue weighted by atomic mass is 79.9. The minimum atomic E-state index is -0.673. The molecular formula is C23H25BrCl2N2O3. The Morgan fingerprint density at radius 3 is 2.48 bits per heavy atom. The molecule has 0 saturated heterocycles. The fourth-order valence-corrected chi connectivity index (χ4v) is 4.30. The Labute approximate surface area is 201 Å². The van der Waals surface area contributed by atoms with Crippen molar-refractivity contribution < 1.29 is 14.3 Å². The molecule has 166 valence electrons. The monoisotopic (exact) mass is 526 g/mol. The first kappa shape index (κ1) is 23.9. The highest BCUT2D eigenvalue weighted by molar-refractivity contribution is 9.10. The number of carbonyl (C=O) groups is 2. The number of rotatable bonds is 8. The molecule has 1 fully saturated rings. The van der Waals surface area contributed by atoms with Gasteiger partial charge in [-0.25, -0.2) is 0 Å². The summed E-state index contributed by atoms with van der Waals surface area (Å²) in [6, 6.07) is 11.8. The average molecular weight is 528 g/mol. The predicted octanol–water partition coefficient (Wildman–Crippen LogP) is 5.61. The maximum atomic E-state index is 13.1. The van der Waals surface area contributed by atoms with Crippen molar-refractivity contribution in [1.82, 2.24) is 10.2 Å². The van der Waals surface area contributed by atoms with E-state index in [4.69, 9.17) is 27.9 Å². The number of carbonyl (C=O) groups excluding carboxylic acids is 2. The SMILES string of the molecule is C[C@H](C(=O)NC1CCCC1)N(Cc1ccc(Cl)cc1Cl)C(=O)COc1ccc(Br)cc1. The van der Waals surface area contributed by atoms with E-state index in [1.807, 2.05) is 12.1 Å². The van der Waals surface area contributed by atoms with Gasteiger partial charge in [0.2, 0.25) is 5.91 Å². The molecule has 2 aromatic rings. The van der Waals surface area contributed by atoms with Gasteiger partial charge in [-0.3, -0.25) is 9.59 Å². The highest BCUT2D eigenvalue weighted by Gasteiger charge is 2.29. The molecule has 0 unspecified atom stereocenters. The van der Waals surface area contributed by atoms with Crippen LogP contribution in [0.5, 0.6) is 5.75 Å². The number of nitrogens with one attached hydrogen (secondary N) is 1. The van der Waals surface area contributed by atoms with E-state index in [9.17, 15) is 9.59 Å². The summed E-state index contributed by atoms with van der Waals surface area (Å²) in [5.41, 5.74) is 0.712. The second kappa shape index (κ2) is 11.2. The third-order valence-corrected chi connectivity index (χ3v) is 6.52. The van der Waals surface area contributed by atoms with Crippen LogP contribution in [0.4, 0.5) is 0 Å². The lowest BCUT2D eigenvalue weighted by atomic mass is 10.1. The van der Waals surface area contributed by atoms with Crippen molar-refractivity contribution in [1.29, 1.82) is 0 Å². The van der Waals surface area contributed by atoms with Crippen LogP contribution in [-0.2, 0) is 16.1 Å². The number of nitrogens with zero attached hydrogens (tertiary/aromatic N) is 1. The summed E-state index contributed by atoms with van der Waals surface area (Å²) in [6.07, 6.45) is 4.18. The van der Waals surface area contributed by atoms with E-state index >= 15 is 0 Å². The molecule has 1 saturated carbocycles. The topological polar surface area (TPSA) is 58.6 Å². The molecule has 3 rings (SSSR count). The Morgan fingerprint density at radius 2 is 1.84 bits per heavy atom. The Hall–Kier alpha value is -1.76. The molecule has 0 aromatic heterocycles. The first-order chi connectivity index (χ1) is 14.8. The van der Waals surface area contributed by atoms with E-state index < -0.39 is 6.04 Å². The van der Waals surface area contributed by atoms with Gasteiger partial charge < -0.3 is 15.0 Å². The smallest absolute Gasteiger partial charge is 0.261 e. The Morgan fingerprint density at radius 1 is 1.16 bits per heavy atom. The van der Waals surface area contributed by atoms with Gasteiger partial charge in [-0.1, -0.05) is 58.0 Å². The molecule has 0 radical (unpaired) electrons. The van der Waals surface area contributed by atoms with Gasteiger partial charge in [-0.2, -0.15) is 0 Å². The van der Waals surface area contributed by atoms with Gasteiger partial charge >= 0.3 is 0 Å². The first-order valence-corrected chi connectivity index (χ1v) is 11.8. The predicted molar refractivity (Wildman–Crippen MR) is 127 cm³/mol. The van der Waals surface area contributed by atoms with Crippen molar-refractivity contribution in [3.05, 3.63) is 62.5 Å². The van der Waals surface area contributed by atoms with Gasteiger partial charge in [-0.05, 0) is 61.7 Å². The Kier molecular flexibility index (Phi) is 8.64. The minimum absolute atomic E-state index is 0.171. The second-order valence-electron chi connectivity index (χ2n) is 7.67. The summed E-state index contributed by atoms with van der Waals surface area (Å²) in [5, 5.41) is 4.03. The summed E-state index contributed by atoms with van der Waals surface area (Å²) < 4.78 is 6.58. The van der Waals surface area contributed by atoms with E-state index in [0.29, 0.717) is 21.4 Å². The third-order valence-electron chi connectivity index (χ3n) is 5.40. The minimum Gasteiger partial charge on any atom is -0.484 e. The number of halogens is 3. The largest absolute Gasteiger partial charge is 0.484 e. The van der Waals surface area contributed by atoms with Crippen LogP contribution in [0, 0.1) is 0 Å². The molecular weight excluding hydrogens is 503 g/mol. The van der Waals surface area contributed by atoms with Gasteiger partial charge in [0, 0.05) is 27.1 Å². The van der Waals surface area contributed by atoms with Crippen LogP contribution in [-0.4, -0.2) is 35.4 Å². The van der Waals surface area contributed by atoms with Crippen LogP contribution in [0.2, 0.25) is 10.0 Å². The Bertz CT molecular complexity index is 918. The van der Waals surface area contributed by atoms with Crippen molar-refractivity contribution in [2.24, 2.45) is 0 Å². The van der Waals surface area contributed by atoms with Crippen LogP contribution in [0.3, 0.4) is 0 Å². The van der Waals surface area contributed by atoms with Crippen LogP contribution >= 0.6 is 39.1 Å². The molecule has 0 spiro atoms. The molecule has 0 heterocycles. The molecule has 0 aliphatic heterocycles. The van der Waals surface area contributed by atoms with Crippen molar-refractivity contribution >= 4 is 50.9 Å². The average Bonchev–Trinajstić information content (AvgIpc) is 3.25. The highest BCUT2D eigenvalue weighted by Crippen LogP contribution is 2.24. The van der Waals surface area contributed by atoms with Gasteiger partial charge in [0.05, 0.1) is 0 Å². The van der Waals surface area contributed by atoms with Crippen LogP contribution < -0.4 is 10.1 Å². The Balaban J connectivity index is 1.73. The van der Waals surface area contributed by atoms with E-state index in [1.54, 1.807) is 37.3 Å². The second-order valence-corrected chi connectivity index (χ2v) is 9.43. The number of benzene rings is 2. The van der Waals surface area contributed by atoms with Crippen molar-refractivity contribution in [2.45, 2.75) is 51.2 Å². The van der Waals surface area contributed by atoms with Crippen molar-refractivity contribution in [3.8, 4) is 5.75 Å². The maximum absolute atomic E-state index is 13.1. The normalized spacial score (nSPS) is 14.8.